The Bertz CT molecular complexity index is 684. The topological polar surface area (TPSA) is 26.0 Å². The minimum absolute atomic E-state index is 0.0411. The van der Waals surface area contributed by atoms with Crippen LogP contribution in [0, 0.1) is 6.92 Å². The third kappa shape index (κ3) is 3.64. The van der Waals surface area contributed by atoms with Crippen molar-refractivity contribution in [2.24, 2.45) is 0 Å². The number of aromatic nitrogens is 1. The van der Waals surface area contributed by atoms with Gasteiger partial charge in [0, 0.05) is 11.8 Å². The molecule has 0 saturated heterocycles. The van der Waals surface area contributed by atoms with Gasteiger partial charge in [-0.2, -0.15) is 0 Å². The first kappa shape index (κ1) is 14.2. The normalized spacial score (nSPS) is 12.7. The lowest BCUT2D eigenvalue weighted by Crippen LogP contribution is -2.05. The molecular weight excluding hydrogens is 282 g/mol. The van der Waals surface area contributed by atoms with Gasteiger partial charge in [-0.1, -0.05) is 42.0 Å². The molecule has 1 aromatic heterocycles. The average molecular weight is 300 g/mol. The van der Waals surface area contributed by atoms with Crippen LogP contribution >= 0.6 is 11.6 Å². The number of benzene rings is 2. The van der Waals surface area contributed by atoms with Gasteiger partial charge < -0.3 is 4.42 Å². The molecule has 0 fully saturated rings. The fourth-order valence-electron chi connectivity index (χ4n) is 2.38. The van der Waals surface area contributed by atoms with Gasteiger partial charge in [0.1, 0.15) is 5.52 Å². The molecule has 0 spiro atoms. The molecular formula is C18H18ClNO. The van der Waals surface area contributed by atoms with Crippen molar-refractivity contribution in [3.63, 3.8) is 0 Å². The van der Waals surface area contributed by atoms with Crippen molar-refractivity contribution in [3.05, 3.63) is 65.5 Å². The molecule has 0 amide bonds. The van der Waals surface area contributed by atoms with Crippen LogP contribution in [0.4, 0.5) is 0 Å². The van der Waals surface area contributed by atoms with E-state index in [1.807, 2.05) is 24.3 Å². The number of rotatable bonds is 5. The Balaban J connectivity index is 1.58. The van der Waals surface area contributed by atoms with E-state index < -0.39 is 0 Å². The molecule has 0 N–H and O–H groups in total. The molecule has 2 aromatic carbocycles. The van der Waals surface area contributed by atoms with Crippen molar-refractivity contribution >= 4 is 22.7 Å². The number of halogens is 1. The zero-order valence-electron chi connectivity index (χ0n) is 12.1. The minimum atomic E-state index is 0.0411. The minimum Gasteiger partial charge on any atom is -0.441 e. The van der Waals surface area contributed by atoms with Gasteiger partial charge in [0.15, 0.2) is 11.5 Å². The molecule has 0 aliphatic rings. The number of alkyl halides is 1. The number of oxazole rings is 1. The molecule has 3 heteroatoms. The van der Waals surface area contributed by atoms with E-state index in [0.717, 1.165) is 29.8 Å². The molecule has 3 aromatic rings. The summed E-state index contributed by atoms with van der Waals surface area (Å²) in [6.45, 7) is 2.10. The monoisotopic (exact) mass is 299 g/mol. The van der Waals surface area contributed by atoms with Crippen molar-refractivity contribution < 1.29 is 4.42 Å². The van der Waals surface area contributed by atoms with Crippen molar-refractivity contribution in [2.45, 2.75) is 31.6 Å². The van der Waals surface area contributed by atoms with E-state index >= 15 is 0 Å². The summed E-state index contributed by atoms with van der Waals surface area (Å²) >= 11 is 6.42. The molecule has 0 bridgehead atoms. The quantitative estimate of drug-likeness (QED) is 0.625. The third-order valence-electron chi connectivity index (χ3n) is 3.60. The van der Waals surface area contributed by atoms with Crippen LogP contribution in [0.3, 0.4) is 0 Å². The maximum atomic E-state index is 6.42. The number of aryl methyl sites for hydroxylation is 2. The summed E-state index contributed by atoms with van der Waals surface area (Å²) in [6, 6.07) is 16.4. The van der Waals surface area contributed by atoms with Gasteiger partial charge in [-0.05, 0) is 37.5 Å². The van der Waals surface area contributed by atoms with Crippen LogP contribution in [-0.4, -0.2) is 10.4 Å². The summed E-state index contributed by atoms with van der Waals surface area (Å²) in [5, 5.41) is 0.0411. The zero-order chi connectivity index (χ0) is 14.7. The molecule has 1 atom stereocenters. The largest absolute Gasteiger partial charge is 0.441 e. The Morgan fingerprint density at radius 2 is 1.86 bits per heavy atom. The van der Waals surface area contributed by atoms with Crippen LogP contribution in [0.25, 0.3) is 11.1 Å². The van der Waals surface area contributed by atoms with Crippen molar-refractivity contribution in [1.29, 1.82) is 0 Å². The first-order valence-electron chi connectivity index (χ1n) is 7.25. The standard InChI is InChI=1S/C18H18ClNO/c1-13-6-8-14(9-7-13)10-11-15(19)12-18-20-16-4-2-3-5-17(16)21-18/h2-9,15H,10-12H2,1H3. The number of fused-ring (bicyclic) bond motifs is 1. The van der Waals surface area contributed by atoms with E-state index in [9.17, 15) is 0 Å². The second-order valence-electron chi connectivity index (χ2n) is 5.40. The van der Waals surface area contributed by atoms with E-state index in [2.05, 4.69) is 36.2 Å². The van der Waals surface area contributed by atoms with Crippen LogP contribution in [0.15, 0.2) is 52.9 Å². The summed E-state index contributed by atoms with van der Waals surface area (Å²) in [5.41, 5.74) is 4.33. The zero-order valence-corrected chi connectivity index (χ0v) is 12.8. The van der Waals surface area contributed by atoms with Crippen LogP contribution < -0.4 is 0 Å². The first-order valence-corrected chi connectivity index (χ1v) is 7.68. The maximum Gasteiger partial charge on any atom is 0.196 e. The number of para-hydroxylation sites is 2. The predicted octanol–water partition coefficient (Wildman–Crippen LogP) is 4.92. The van der Waals surface area contributed by atoms with Crippen LogP contribution in [-0.2, 0) is 12.8 Å². The summed E-state index contributed by atoms with van der Waals surface area (Å²) in [5.74, 6) is 0.722. The summed E-state index contributed by atoms with van der Waals surface area (Å²) < 4.78 is 5.71. The highest BCUT2D eigenvalue weighted by atomic mass is 35.5. The molecule has 1 unspecified atom stereocenters. The predicted molar refractivity (Wildman–Crippen MR) is 86.9 cm³/mol. The molecule has 0 radical (unpaired) electrons. The van der Waals surface area contributed by atoms with E-state index in [0.29, 0.717) is 6.42 Å². The van der Waals surface area contributed by atoms with E-state index in [1.54, 1.807) is 0 Å². The van der Waals surface area contributed by atoms with Gasteiger partial charge in [0.2, 0.25) is 0 Å². The number of hydrogen-bond acceptors (Lipinski definition) is 2. The lowest BCUT2D eigenvalue weighted by molar-refractivity contribution is 0.516. The Hall–Kier alpha value is -1.80. The molecule has 108 valence electrons. The average Bonchev–Trinajstić information content (AvgIpc) is 2.88. The van der Waals surface area contributed by atoms with Crippen molar-refractivity contribution in [1.82, 2.24) is 4.98 Å². The van der Waals surface area contributed by atoms with Crippen LogP contribution in [0.5, 0.6) is 0 Å². The lowest BCUT2D eigenvalue weighted by Gasteiger charge is -2.07. The van der Waals surface area contributed by atoms with E-state index in [1.165, 1.54) is 11.1 Å². The summed E-state index contributed by atoms with van der Waals surface area (Å²) in [7, 11) is 0. The molecule has 1 heterocycles. The van der Waals surface area contributed by atoms with Gasteiger partial charge in [-0.25, -0.2) is 4.98 Å². The van der Waals surface area contributed by atoms with Gasteiger partial charge in [0.05, 0.1) is 0 Å². The molecule has 0 aliphatic heterocycles. The highest BCUT2D eigenvalue weighted by Crippen LogP contribution is 2.19. The first-order chi connectivity index (χ1) is 10.2. The smallest absolute Gasteiger partial charge is 0.196 e. The van der Waals surface area contributed by atoms with Crippen molar-refractivity contribution in [2.75, 3.05) is 0 Å². The third-order valence-corrected chi connectivity index (χ3v) is 3.97. The number of nitrogens with zero attached hydrogens (tertiary/aromatic N) is 1. The molecule has 3 rings (SSSR count). The van der Waals surface area contributed by atoms with Gasteiger partial charge in [-0.15, -0.1) is 11.6 Å². The van der Waals surface area contributed by atoms with E-state index in [4.69, 9.17) is 16.0 Å². The fraction of sp³-hybridized carbons (Fsp3) is 0.278. The van der Waals surface area contributed by atoms with Crippen molar-refractivity contribution in [3.8, 4) is 0 Å². The van der Waals surface area contributed by atoms with Gasteiger partial charge in [0.25, 0.3) is 0 Å². The summed E-state index contributed by atoms with van der Waals surface area (Å²) in [4.78, 5) is 4.47. The van der Waals surface area contributed by atoms with Gasteiger partial charge in [-0.3, -0.25) is 0 Å². The molecule has 21 heavy (non-hydrogen) atoms. The van der Waals surface area contributed by atoms with Crippen LogP contribution in [0.2, 0.25) is 0 Å². The Morgan fingerprint density at radius 3 is 2.62 bits per heavy atom. The lowest BCUT2D eigenvalue weighted by atomic mass is 10.1. The highest BCUT2D eigenvalue weighted by molar-refractivity contribution is 6.20. The molecule has 0 saturated carbocycles. The Morgan fingerprint density at radius 1 is 1.10 bits per heavy atom. The maximum absolute atomic E-state index is 6.42. The fourth-order valence-corrected chi connectivity index (χ4v) is 2.62. The highest BCUT2D eigenvalue weighted by Gasteiger charge is 2.12. The number of hydrogen-bond donors (Lipinski definition) is 0. The SMILES string of the molecule is Cc1ccc(CCC(Cl)Cc2nc3ccccc3o2)cc1. The molecule has 2 nitrogen and oxygen atoms in total. The van der Waals surface area contributed by atoms with Gasteiger partial charge >= 0.3 is 0 Å². The summed E-state index contributed by atoms with van der Waals surface area (Å²) in [6.07, 6.45) is 2.57. The molecule has 0 aliphatic carbocycles. The Labute approximate surface area is 129 Å². The second kappa shape index (κ2) is 6.31. The second-order valence-corrected chi connectivity index (χ2v) is 6.02. The Kier molecular flexibility index (Phi) is 4.26. The van der Waals surface area contributed by atoms with Crippen LogP contribution in [0.1, 0.15) is 23.4 Å². The van der Waals surface area contributed by atoms with E-state index in [-0.39, 0.29) is 5.38 Å².